The number of aryl methyl sites for hydroxylation is 1. The van der Waals surface area contributed by atoms with E-state index in [0.29, 0.717) is 23.9 Å². The van der Waals surface area contributed by atoms with Crippen molar-refractivity contribution in [3.05, 3.63) is 59.1 Å². The van der Waals surface area contributed by atoms with Crippen molar-refractivity contribution >= 4 is 27.5 Å². The van der Waals surface area contributed by atoms with Gasteiger partial charge in [0.15, 0.2) is 6.61 Å². The van der Waals surface area contributed by atoms with Gasteiger partial charge >= 0.3 is 0 Å². The molecule has 0 radical (unpaired) electrons. The quantitative estimate of drug-likeness (QED) is 0.762. The molecule has 6 nitrogen and oxygen atoms in total. The maximum Gasteiger partial charge on any atom is 0.260 e. The van der Waals surface area contributed by atoms with Gasteiger partial charge in [0.25, 0.3) is 5.91 Å². The summed E-state index contributed by atoms with van der Waals surface area (Å²) in [5.74, 6) is 0.525. The number of rotatable bonds is 5. The van der Waals surface area contributed by atoms with Crippen LogP contribution in [0.4, 0.5) is 0 Å². The summed E-state index contributed by atoms with van der Waals surface area (Å²) in [4.78, 5) is 14.2. The van der Waals surface area contributed by atoms with E-state index < -0.39 is 10.0 Å². The molecule has 1 heterocycles. The number of amides is 1. The molecule has 0 bridgehead atoms. The summed E-state index contributed by atoms with van der Waals surface area (Å²) in [7, 11) is -3.58. The lowest BCUT2D eigenvalue weighted by molar-refractivity contribution is -0.134. The van der Waals surface area contributed by atoms with Gasteiger partial charge in [-0.05, 0) is 42.8 Å². The smallest absolute Gasteiger partial charge is 0.260 e. The normalized spacial score (nSPS) is 15.6. The van der Waals surface area contributed by atoms with Gasteiger partial charge in [0, 0.05) is 31.2 Å². The zero-order valence-corrected chi connectivity index (χ0v) is 16.5. The number of hydrogen-bond donors (Lipinski definition) is 0. The van der Waals surface area contributed by atoms with Gasteiger partial charge in [-0.1, -0.05) is 29.8 Å². The molecule has 0 atom stereocenters. The number of hydrogen-bond acceptors (Lipinski definition) is 4. The van der Waals surface area contributed by atoms with E-state index in [-0.39, 0.29) is 30.5 Å². The van der Waals surface area contributed by atoms with Gasteiger partial charge in [0.05, 0.1) is 4.90 Å². The molecule has 8 heteroatoms. The van der Waals surface area contributed by atoms with Crippen molar-refractivity contribution in [2.75, 3.05) is 32.8 Å². The number of carbonyl (C=O) groups is 1. The molecule has 0 saturated carbocycles. The Morgan fingerprint density at radius 2 is 1.67 bits per heavy atom. The highest BCUT2D eigenvalue weighted by atomic mass is 35.5. The van der Waals surface area contributed by atoms with E-state index in [1.54, 1.807) is 17.0 Å². The van der Waals surface area contributed by atoms with E-state index in [0.717, 1.165) is 5.56 Å². The number of ether oxygens (including phenoxy) is 1. The summed E-state index contributed by atoms with van der Waals surface area (Å²) in [5.41, 5.74) is 0.962. The third-order valence-electron chi connectivity index (χ3n) is 4.49. The molecule has 1 aliphatic heterocycles. The Bertz CT molecular complexity index is 908. The molecule has 1 aliphatic rings. The van der Waals surface area contributed by atoms with Gasteiger partial charge in [-0.3, -0.25) is 4.79 Å². The number of piperazine rings is 1. The third kappa shape index (κ3) is 4.61. The number of para-hydroxylation sites is 1. The molecule has 27 heavy (non-hydrogen) atoms. The first-order chi connectivity index (χ1) is 12.9. The Labute approximate surface area is 164 Å². The molecular formula is C19H21ClN2O4S. The molecule has 3 rings (SSSR count). The van der Waals surface area contributed by atoms with Crippen LogP contribution in [0.1, 0.15) is 5.56 Å². The van der Waals surface area contributed by atoms with Crippen molar-refractivity contribution in [1.82, 2.24) is 9.21 Å². The summed E-state index contributed by atoms with van der Waals surface area (Å²) in [6, 6.07) is 13.6. The zero-order chi connectivity index (χ0) is 19.4. The maximum atomic E-state index is 12.7. The second kappa shape index (κ2) is 8.29. The largest absolute Gasteiger partial charge is 0.484 e. The highest BCUT2D eigenvalue weighted by molar-refractivity contribution is 7.89. The topological polar surface area (TPSA) is 66.9 Å². The predicted molar refractivity (Wildman–Crippen MR) is 103 cm³/mol. The molecular weight excluding hydrogens is 388 g/mol. The minimum Gasteiger partial charge on any atom is -0.484 e. The number of carbonyl (C=O) groups excluding carboxylic acids is 1. The third-order valence-corrected chi connectivity index (χ3v) is 6.65. The van der Waals surface area contributed by atoms with Gasteiger partial charge in [-0.2, -0.15) is 4.31 Å². The van der Waals surface area contributed by atoms with Crippen molar-refractivity contribution in [2.24, 2.45) is 0 Å². The van der Waals surface area contributed by atoms with Gasteiger partial charge < -0.3 is 9.64 Å². The van der Waals surface area contributed by atoms with Crippen LogP contribution in [0.2, 0.25) is 5.02 Å². The lowest BCUT2D eigenvalue weighted by atomic mass is 10.2. The molecule has 0 aliphatic carbocycles. The SMILES string of the molecule is Cc1ccccc1OCC(=O)N1CCN(S(=O)(=O)c2ccc(Cl)cc2)CC1. The van der Waals surface area contributed by atoms with Crippen LogP contribution in [0.25, 0.3) is 0 Å². The molecule has 1 amide bonds. The summed E-state index contributed by atoms with van der Waals surface area (Å²) in [5, 5.41) is 0.484. The molecule has 0 unspecified atom stereocenters. The lowest BCUT2D eigenvalue weighted by Gasteiger charge is -2.34. The summed E-state index contributed by atoms with van der Waals surface area (Å²) in [6.45, 7) is 3.03. The van der Waals surface area contributed by atoms with Crippen LogP contribution in [0, 0.1) is 6.92 Å². The summed E-state index contributed by atoms with van der Waals surface area (Å²) < 4.78 is 32.3. The summed E-state index contributed by atoms with van der Waals surface area (Å²) >= 11 is 5.82. The van der Waals surface area contributed by atoms with Crippen LogP contribution in [-0.2, 0) is 14.8 Å². The van der Waals surface area contributed by atoms with Gasteiger partial charge in [-0.25, -0.2) is 8.42 Å². The van der Waals surface area contributed by atoms with Gasteiger partial charge in [0.1, 0.15) is 5.75 Å². The number of sulfonamides is 1. The maximum absolute atomic E-state index is 12.7. The van der Waals surface area contributed by atoms with Crippen molar-refractivity contribution in [1.29, 1.82) is 0 Å². The fraction of sp³-hybridized carbons (Fsp3) is 0.316. The minimum atomic E-state index is -3.58. The van der Waals surface area contributed by atoms with Crippen molar-refractivity contribution < 1.29 is 17.9 Å². The van der Waals surface area contributed by atoms with Gasteiger partial charge in [0.2, 0.25) is 10.0 Å². The zero-order valence-electron chi connectivity index (χ0n) is 15.0. The fourth-order valence-corrected chi connectivity index (χ4v) is 4.43. The Hall–Kier alpha value is -2.09. The van der Waals surface area contributed by atoms with E-state index >= 15 is 0 Å². The number of benzene rings is 2. The van der Waals surface area contributed by atoms with Crippen LogP contribution >= 0.6 is 11.6 Å². The first kappa shape index (κ1) is 19.7. The molecule has 0 spiro atoms. The molecule has 0 N–H and O–H groups in total. The Balaban J connectivity index is 1.56. The fourth-order valence-electron chi connectivity index (χ4n) is 2.88. The Morgan fingerprint density at radius 1 is 1.04 bits per heavy atom. The van der Waals surface area contributed by atoms with E-state index in [1.165, 1.54) is 16.4 Å². The molecule has 0 aromatic heterocycles. The minimum absolute atomic E-state index is 0.0607. The van der Waals surface area contributed by atoms with Crippen molar-refractivity contribution in [3.63, 3.8) is 0 Å². The monoisotopic (exact) mass is 408 g/mol. The second-order valence-electron chi connectivity index (χ2n) is 6.29. The predicted octanol–water partition coefficient (Wildman–Crippen LogP) is 2.56. The highest BCUT2D eigenvalue weighted by Gasteiger charge is 2.30. The van der Waals surface area contributed by atoms with E-state index in [1.807, 2.05) is 31.2 Å². The van der Waals surface area contributed by atoms with Crippen molar-refractivity contribution in [3.8, 4) is 5.75 Å². The standard InChI is InChI=1S/C19H21ClN2O4S/c1-15-4-2-3-5-18(15)26-14-19(23)21-10-12-22(13-11-21)27(24,25)17-8-6-16(20)7-9-17/h2-9H,10-14H2,1H3. The highest BCUT2D eigenvalue weighted by Crippen LogP contribution is 2.20. The number of halogens is 1. The molecule has 144 valence electrons. The van der Waals surface area contributed by atoms with E-state index in [4.69, 9.17) is 16.3 Å². The Morgan fingerprint density at radius 3 is 2.30 bits per heavy atom. The Kier molecular flexibility index (Phi) is 6.04. The van der Waals surface area contributed by atoms with Crippen LogP contribution in [-0.4, -0.2) is 56.3 Å². The van der Waals surface area contributed by atoms with E-state index in [2.05, 4.69) is 0 Å². The average molecular weight is 409 g/mol. The van der Waals surface area contributed by atoms with E-state index in [9.17, 15) is 13.2 Å². The van der Waals surface area contributed by atoms with Gasteiger partial charge in [-0.15, -0.1) is 0 Å². The first-order valence-electron chi connectivity index (χ1n) is 8.60. The van der Waals surface area contributed by atoms with Crippen LogP contribution in [0.3, 0.4) is 0 Å². The molecule has 1 saturated heterocycles. The van der Waals surface area contributed by atoms with Crippen LogP contribution in [0.5, 0.6) is 5.75 Å². The molecule has 2 aromatic rings. The molecule has 2 aromatic carbocycles. The second-order valence-corrected chi connectivity index (χ2v) is 8.67. The number of nitrogens with zero attached hydrogens (tertiary/aromatic N) is 2. The average Bonchev–Trinajstić information content (AvgIpc) is 2.67. The van der Waals surface area contributed by atoms with Crippen LogP contribution in [0.15, 0.2) is 53.4 Å². The molecule has 1 fully saturated rings. The summed E-state index contributed by atoms with van der Waals surface area (Å²) in [6.07, 6.45) is 0. The first-order valence-corrected chi connectivity index (χ1v) is 10.4. The van der Waals surface area contributed by atoms with Crippen LogP contribution < -0.4 is 4.74 Å². The van der Waals surface area contributed by atoms with Crippen molar-refractivity contribution in [2.45, 2.75) is 11.8 Å². The lowest BCUT2D eigenvalue weighted by Crippen LogP contribution is -2.51.